The van der Waals surface area contributed by atoms with Gasteiger partial charge in [0.1, 0.15) is 6.10 Å². The van der Waals surface area contributed by atoms with Crippen LogP contribution >= 0.6 is 0 Å². The van der Waals surface area contributed by atoms with Crippen LogP contribution in [-0.2, 0) is 9.53 Å². The van der Waals surface area contributed by atoms with Gasteiger partial charge in [0.25, 0.3) is 0 Å². The van der Waals surface area contributed by atoms with Crippen molar-refractivity contribution in [3.8, 4) is 0 Å². The molecular weight excluding hydrogens is 340 g/mol. The second kappa shape index (κ2) is 9.57. The number of ether oxygens (including phenoxy) is 1. The van der Waals surface area contributed by atoms with Gasteiger partial charge in [0, 0.05) is 24.2 Å². The predicted octanol–water partition coefficient (Wildman–Crippen LogP) is 4.38. The number of rotatable bonds is 5. The number of carbonyl (C=O) groups excluding carboxylic acids is 2. The summed E-state index contributed by atoms with van der Waals surface area (Å²) >= 11 is 0. The Bertz CT molecular complexity index is 775. The highest BCUT2D eigenvalue weighted by atomic mass is 16.6. The lowest BCUT2D eigenvalue weighted by Crippen LogP contribution is -2.40. The molecule has 0 aliphatic heterocycles. The summed E-state index contributed by atoms with van der Waals surface area (Å²) in [5.41, 5.74) is 1.68. The number of hydrogen-bond donors (Lipinski definition) is 2. The number of para-hydroxylation sites is 1. The van der Waals surface area contributed by atoms with E-state index in [1.807, 2.05) is 60.7 Å². The van der Waals surface area contributed by atoms with Gasteiger partial charge in [-0.1, -0.05) is 48.5 Å². The van der Waals surface area contributed by atoms with E-state index in [4.69, 9.17) is 4.74 Å². The van der Waals surface area contributed by atoms with E-state index in [2.05, 4.69) is 10.6 Å². The molecule has 1 aliphatic rings. The lowest BCUT2D eigenvalue weighted by Gasteiger charge is -2.29. The smallest absolute Gasteiger partial charge is 0.411 e. The standard InChI is InChI=1S/C22H24N2O3/c25-21(15-14-17-8-3-1-4-9-17)23-19-12-7-13-20(16-19)27-22(26)24-18-10-5-2-6-11-18/h1-6,8-11,14-15,19-20H,7,12-13,16H2,(H,23,25)(H,24,26)/b15-14+. The van der Waals surface area contributed by atoms with Gasteiger partial charge in [-0.05, 0) is 43.0 Å². The van der Waals surface area contributed by atoms with Crippen LogP contribution < -0.4 is 10.6 Å². The summed E-state index contributed by atoms with van der Waals surface area (Å²) < 4.78 is 5.52. The molecule has 0 saturated heterocycles. The maximum Gasteiger partial charge on any atom is 0.411 e. The van der Waals surface area contributed by atoms with Gasteiger partial charge < -0.3 is 10.1 Å². The van der Waals surface area contributed by atoms with Gasteiger partial charge in [0.2, 0.25) is 5.91 Å². The predicted molar refractivity (Wildman–Crippen MR) is 106 cm³/mol. The Morgan fingerprint density at radius 3 is 2.41 bits per heavy atom. The summed E-state index contributed by atoms with van der Waals surface area (Å²) in [6.45, 7) is 0. The fourth-order valence-corrected chi connectivity index (χ4v) is 3.19. The van der Waals surface area contributed by atoms with Crippen LogP contribution in [0.15, 0.2) is 66.7 Å². The molecule has 3 rings (SSSR count). The zero-order valence-corrected chi connectivity index (χ0v) is 15.1. The first-order chi connectivity index (χ1) is 13.2. The van der Waals surface area contributed by atoms with Crippen molar-refractivity contribution in [3.05, 3.63) is 72.3 Å². The van der Waals surface area contributed by atoms with Crippen molar-refractivity contribution < 1.29 is 14.3 Å². The Morgan fingerprint density at radius 1 is 0.963 bits per heavy atom. The quantitative estimate of drug-likeness (QED) is 0.774. The minimum Gasteiger partial charge on any atom is -0.446 e. The molecule has 0 radical (unpaired) electrons. The molecule has 5 nitrogen and oxygen atoms in total. The molecule has 2 aromatic carbocycles. The normalized spacial score (nSPS) is 19.4. The summed E-state index contributed by atoms with van der Waals surface area (Å²) in [6.07, 6.45) is 5.94. The van der Waals surface area contributed by atoms with Crippen LogP contribution in [0.1, 0.15) is 31.2 Å². The number of carbonyl (C=O) groups is 2. The Kier molecular flexibility index (Phi) is 6.63. The molecular formula is C22H24N2O3. The Morgan fingerprint density at radius 2 is 1.67 bits per heavy atom. The molecule has 1 aliphatic carbocycles. The van der Waals surface area contributed by atoms with Gasteiger partial charge >= 0.3 is 6.09 Å². The minimum absolute atomic E-state index is 0.0150. The van der Waals surface area contributed by atoms with Crippen molar-refractivity contribution >= 4 is 23.8 Å². The van der Waals surface area contributed by atoms with Gasteiger partial charge in [-0.15, -0.1) is 0 Å². The number of nitrogens with one attached hydrogen (secondary N) is 2. The van der Waals surface area contributed by atoms with Gasteiger partial charge in [-0.25, -0.2) is 4.79 Å². The van der Waals surface area contributed by atoms with Crippen molar-refractivity contribution in [1.82, 2.24) is 5.32 Å². The summed E-state index contributed by atoms with van der Waals surface area (Å²) in [5.74, 6) is -0.127. The van der Waals surface area contributed by atoms with E-state index in [-0.39, 0.29) is 18.1 Å². The topological polar surface area (TPSA) is 67.4 Å². The highest BCUT2D eigenvalue weighted by molar-refractivity contribution is 5.91. The van der Waals surface area contributed by atoms with Gasteiger partial charge in [-0.2, -0.15) is 0 Å². The molecule has 2 N–H and O–H groups in total. The lowest BCUT2D eigenvalue weighted by atomic mass is 9.93. The van der Waals surface area contributed by atoms with Crippen LogP contribution in [0, 0.1) is 0 Å². The number of hydrogen-bond acceptors (Lipinski definition) is 3. The van der Waals surface area contributed by atoms with Crippen molar-refractivity contribution in [2.45, 2.75) is 37.8 Å². The van der Waals surface area contributed by atoms with Crippen LogP contribution in [0.25, 0.3) is 6.08 Å². The molecule has 27 heavy (non-hydrogen) atoms. The summed E-state index contributed by atoms with van der Waals surface area (Å²) in [6, 6.07) is 18.9. The molecule has 1 fully saturated rings. The molecule has 5 heteroatoms. The molecule has 0 bridgehead atoms. The monoisotopic (exact) mass is 364 g/mol. The molecule has 2 amide bonds. The van der Waals surface area contributed by atoms with Crippen LogP contribution in [-0.4, -0.2) is 24.1 Å². The van der Waals surface area contributed by atoms with Crippen molar-refractivity contribution in [2.24, 2.45) is 0 Å². The number of benzene rings is 2. The Labute approximate surface area is 159 Å². The van der Waals surface area contributed by atoms with E-state index in [1.54, 1.807) is 12.2 Å². The second-order valence-electron chi connectivity index (χ2n) is 6.63. The number of anilines is 1. The van der Waals surface area contributed by atoms with E-state index >= 15 is 0 Å². The summed E-state index contributed by atoms with van der Waals surface area (Å²) in [7, 11) is 0. The highest BCUT2D eigenvalue weighted by Gasteiger charge is 2.25. The maximum absolute atomic E-state index is 12.1. The molecule has 2 atom stereocenters. The molecule has 0 heterocycles. The first-order valence-electron chi connectivity index (χ1n) is 9.25. The van der Waals surface area contributed by atoms with E-state index in [1.165, 1.54) is 0 Å². The third kappa shape index (κ3) is 6.29. The van der Waals surface area contributed by atoms with Crippen LogP contribution in [0.2, 0.25) is 0 Å². The van der Waals surface area contributed by atoms with Gasteiger partial charge in [-0.3, -0.25) is 10.1 Å². The molecule has 2 unspecified atom stereocenters. The SMILES string of the molecule is O=C(/C=C/c1ccccc1)NC1CCCC(OC(=O)Nc2ccccc2)C1. The van der Waals surface area contributed by atoms with E-state index in [9.17, 15) is 9.59 Å². The third-order valence-electron chi connectivity index (χ3n) is 4.49. The number of amides is 2. The summed E-state index contributed by atoms with van der Waals surface area (Å²) in [4.78, 5) is 24.2. The zero-order chi connectivity index (χ0) is 18.9. The largest absolute Gasteiger partial charge is 0.446 e. The fraction of sp³-hybridized carbons (Fsp3) is 0.273. The zero-order valence-electron chi connectivity index (χ0n) is 15.1. The maximum atomic E-state index is 12.1. The van der Waals surface area contributed by atoms with Crippen molar-refractivity contribution in [1.29, 1.82) is 0 Å². The van der Waals surface area contributed by atoms with Crippen LogP contribution in [0.4, 0.5) is 10.5 Å². The molecule has 2 aromatic rings. The van der Waals surface area contributed by atoms with Crippen LogP contribution in [0.3, 0.4) is 0 Å². The van der Waals surface area contributed by atoms with Crippen LogP contribution in [0.5, 0.6) is 0 Å². The molecule has 140 valence electrons. The molecule has 0 aromatic heterocycles. The van der Waals surface area contributed by atoms with E-state index in [0.717, 1.165) is 24.8 Å². The minimum atomic E-state index is -0.456. The third-order valence-corrected chi connectivity index (χ3v) is 4.49. The van der Waals surface area contributed by atoms with E-state index < -0.39 is 6.09 Å². The van der Waals surface area contributed by atoms with Gasteiger partial charge in [0.05, 0.1) is 0 Å². The van der Waals surface area contributed by atoms with E-state index in [0.29, 0.717) is 12.1 Å². The molecule has 0 spiro atoms. The lowest BCUT2D eigenvalue weighted by molar-refractivity contribution is -0.117. The summed E-state index contributed by atoms with van der Waals surface area (Å²) in [5, 5.41) is 5.73. The molecule has 1 saturated carbocycles. The Hall–Kier alpha value is -3.08. The first-order valence-corrected chi connectivity index (χ1v) is 9.25. The average Bonchev–Trinajstić information content (AvgIpc) is 2.68. The Balaban J connectivity index is 1.45. The first kappa shape index (κ1) is 18.7. The second-order valence-corrected chi connectivity index (χ2v) is 6.63. The average molecular weight is 364 g/mol. The van der Waals surface area contributed by atoms with Crippen molar-refractivity contribution in [2.75, 3.05) is 5.32 Å². The van der Waals surface area contributed by atoms with Crippen molar-refractivity contribution in [3.63, 3.8) is 0 Å². The van der Waals surface area contributed by atoms with Gasteiger partial charge in [0.15, 0.2) is 0 Å². The highest BCUT2D eigenvalue weighted by Crippen LogP contribution is 2.22. The fourth-order valence-electron chi connectivity index (χ4n) is 3.19.